The smallest absolute Gasteiger partial charge is 0.404 e. The first-order valence-corrected chi connectivity index (χ1v) is 8.38. The maximum Gasteiger partial charge on any atom is 0.404 e. The van der Waals surface area contributed by atoms with Gasteiger partial charge in [-0.2, -0.15) is 4.98 Å². The van der Waals surface area contributed by atoms with Crippen LogP contribution < -0.4 is 16.0 Å². The van der Waals surface area contributed by atoms with Crippen molar-refractivity contribution in [2.24, 2.45) is 11.7 Å². The van der Waals surface area contributed by atoms with Crippen molar-refractivity contribution in [2.45, 2.75) is 19.3 Å². The molecular formula is C17H22N6O2. The van der Waals surface area contributed by atoms with Crippen LogP contribution in [0.15, 0.2) is 36.8 Å². The molecule has 1 amide bonds. The van der Waals surface area contributed by atoms with Gasteiger partial charge in [-0.25, -0.2) is 9.78 Å². The summed E-state index contributed by atoms with van der Waals surface area (Å²) >= 11 is 0. The molecular weight excluding hydrogens is 320 g/mol. The maximum atomic E-state index is 10.6. The Labute approximate surface area is 146 Å². The van der Waals surface area contributed by atoms with Gasteiger partial charge in [0.05, 0.1) is 6.61 Å². The van der Waals surface area contributed by atoms with E-state index < -0.39 is 6.09 Å². The third kappa shape index (κ3) is 5.03. The van der Waals surface area contributed by atoms with Crippen LogP contribution in [0.5, 0.6) is 0 Å². The van der Waals surface area contributed by atoms with Crippen LogP contribution in [-0.2, 0) is 4.74 Å². The molecule has 132 valence electrons. The highest BCUT2D eigenvalue weighted by atomic mass is 16.5. The number of primary amides is 1. The first-order chi connectivity index (χ1) is 12.2. The van der Waals surface area contributed by atoms with Crippen molar-refractivity contribution in [3.05, 3.63) is 36.8 Å². The monoisotopic (exact) mass is 342 g/mol. The number of ether oxygens (including phenoxy) is 1. The fraction of sp³-hybridized carbons (Fsp3) is 0.412. The van der Waals surface area contributed by atoms with Crippen LogP contribution in [0, 0.1) is 5.92 Å². The Kier molecular flexibility index (Phi) is 5.61. The molecule has 2 aromatic heterocycles. The molecule has 0 aliphatic carbocycles. The molecule has 25 heavy (non-hydrogen) atoms. The Morgan fingerprint density at radius 1 is 1.24 bits per heavy atom. The molecule has 0 aromatic carbocycles. The fourth-order valence-electron chi connectivity index (χ4n) is 2.93. The second-order valence-corrected chi connectivity index (χ2v) is 5.99. The summed E-state index contributed by atoms with van der Waals surface area (Å²) in [4.78, 5) is 25.7. The number of piperidine rings is 1. The van der Waals surface area contributed by atoms with Gasteiger partial charge in [0.15, 0.2) is 0 Å². The summed E-state index contributed by atoms with van der Waals surface area (Å²) < 4.78 is 4.82. The average Bonchev–Trinajstić information content (AvgIpc) is 2.63. The topological polar surface area (TPSA) is 106 Å². The zero-order chi connectivity index (χ0) is 17.5. The zero-order valence-corrected chi connectivity index (χ0v) is 14.0. The van der Waals surface area contributed by atoms with Crippen molar-refractivity contribution < 1.29 is 9.53 Å². The summed E-state index contributed by atoms with van der Waals surface area (Å²) in [5.74, 6) is 2.03. The Morgan fingerprint density at radius 2 is 2.00 bits per heavy atom. The van der Waals surface area contributed by atoms with Gasteiger partial charge in [-0.15, -0.1) is 0 Å². The highest BCUT2D eigenvalue weighted by molar-refractivity contribution is 5.64. The number of hydrogen-bond acceptors (Lipinski definition) is 7. The summed E-state index contributed by atoms with van der Waals surface area (Å²) in [6, 6.07) is 5.67. The molecule has 0 spiro atoms. The van der Waals surface area contributed by atoms with Gasteiger partial charge in [-0.05, 0) is 43.4 Å². The van der Waals surface area contributed by atoms with Crippen LogP contribution in [-0.4, -0.2) is 40.7 Å². The maximum absolute atomic E-state index is 10.6. The van der Waals surface area contributed by atoms with Crippen LogP contribution in [0.3, 0.4) is 0 Å². The van der Waals surface area contributed by atoms with E-state index in [-0.39, 0.29) is 0 Å². The summed E-state index contributed by atoms with van der Waals surface area (Å²) in [7, 11) is 0. The summed E-state index contributed by atoms with van der Waals surface area (Å²) in [5, 5.41) is 3.18. The van der Waals surface area contributed by atoms with Crippen LogP contribution in [0.1, 0.15) is 19.3 Å². The normalized spacial score (nSPS) is 15.0. The van der Waals surface area contributed by atoms with E-state index in [0.717, 1.165) is 43.9 Å². The quantitative estimate of drug-likeness (QED) is 0.829. The number of rotatable bonds is 6. The minimum Gasteiger partial charge on any atom is -0.450 e. The fourth-order valence-corrected chi connectivity index (χ4v) is 2.93. The van der Waals surface area contributed by atoms with Crippen LogP contribution in [0.4, 0.5) is 22.2 Å². The number of nitrogens with zero attached hydrogens (tertiary/aromatic N) is 4. The van der Waals surface area contributed by atoms with E-state index in [2.05, 4.69) is 25.2 Å². The lowest BCUT2D eigenvalue weighted by Gasteiger charge is -2.32. The number of carbonyl (C=O) groups is 1. The van der Waals surface area contributed by atoms with Gasteiger partial charge in [-0.3, -0.25) is 4.98 Å². The van der Waals surface area contributed by atoms with Gasteiger partial charge < -0.3 is 20.7 Å². The van der Waals surface area contributed by atoms with E-state index in [1.165, 1.54) is 0 Å². The van der Waals surface area contributed by atoms with Gasteiger partial charge in [0.2, 0.25) is 5.95 Å². The van der Waals surface area contributed by atoms with E-state index >= 15 is 0 Å². The van der Waals surface area contributed by atoms with E-state index in [0.29, 0.717) is 18.5 Å². The average molecular weight is 342 g/mol. The molecule has 3 rings (SSSR count). The highest BCUT2D eigenvalue weighted by Gasteiger charge is 2.20. The van der Waals surface area contributed by atoms with Gasteiger partial charge in [0.1, 0.15) is 5.82 Å². The lowest BCUT2D eigenvalue weighted by molar-refractivity contribution is 0.146. The molecule has 1 saturated heterocycles. The SMILES string of the molecule is NC(=O)OCCC1CCN(c2ccnc(Nc3ccncc3)n2)CC1. The largest absolute Gasteiger partial charge is 0.450 e. The number of amides is 1. The first kappa shape index (κ1) is 16.9. The molecule has 2 aromatic rings. The summed E-state index contributed by atoms with van der Waals surface area (Å²) in [6.07, 6.45) is 7.44. The lowest BCUT2D eigenvalue weighted by atomic mass is 9.94. The van der Waals surface area contributed by atoms with Crippen molar-refractivity contribution in [1.29, 1.82) is 0 Å². The van der Waals surface area contributed by atoms with E-state index in [4.69, 9.17) is 10.5 Å². The highest BCUT2D eigenvalue weighted by Crippen LogP contribution is 2.24. The van der Waals surface area contributed by atoms with Gasteiger partial charge in [0.25, 0.3) is 0 Å². The molecule has 0 atom stereocenters. The number of anilines is 3. The van der Waals surface area contributed by atoms with Crippen molar-refractivity contribution in [2.75, 3.05) is 29.9 Å². The number of nitrogens with two attached hydrogens (primary N) is 1. The van der Waals surface area contributed by atoms with Crippen molar-refractivity contribution >= 4 is 23.5 Å². The molecule has 0 radical (unpaired) electrons. The van der Waals surface area contributed by atoms with Gasteiger partial charge >= 0.3 is 6.09 Å². The molecule has 1 fully saturated rings. The molecule has 0 saturated carbocycles. The number of aromatic nitrogens is 3. The molecule has 1 aliphatic rings. The predicted octanol–water partition coefficient (Wildman–Crippen LogP) is 2.32. The van der Waals surface area contributed by atoms with Crippen molar-refractivity contribution in [3.63, 3.8) is 0 Å². The lowest BCUT2D eigenvalue weighted by Crippen LogP contribution is -2.34. The third-order valence-electron chi connectivity index (χ3n) is 4.29. The number of nitrogens with one attached hydrogen (secondary N) is 1. The van der Waals surface area contributed by atoms with Crippen molar-refractivity contribution in [3.8, 4) is 0 Å². The van der Waals surface area contributed by atoms with Crippen LogP contribution in [0.25, 0.3) is 0 Å². The van der Waals surface area contributed by atoms with Crippen LogP contribution in [0.2, 0.25) is 0 Å². The molecule has 8 nitrogen and oxygen atoms in total. The van der Waals surface area contributed by atoms with Crippen LogP contribution >= 0.6 is 0 Å². The van der Waals surface area contributed by atoms with E-state index in [9.17, 15) is 4.79 Å². The molecule has 8 heteroatoms. The third-order valence-corrected chi connectivity index (χ3v) is 4.29. The minimum atomic E-state index is -0.701. The minimum absolute atomic E-state index is 0.396. The predicted molar refractivity (Wildman–Crippen MR) is 94.6 cm³/mol. The molecule has 3 heterocycles. The van der Waals surface area contributed by atoms with Gasteiger partial charge in [-0.1, -0.05) is 0 Å². The number of pyridine rings is 1. The summed E-state index contributed by atoms with van der Waals surface area (Å²) in [5.41, 5.74) is 5.89. The molecule has 1 aliphatic heterocycles. The molecule has 0 unspecified atom stereocenters. The van der Waals surface area contributed by atoms with E-state index in [1.807, 2.05) is 18.2 Å². The Hall–Kier alpha value is -2.90. The van der Waals surface area contributed by atoms with Gasteiger partial charge in [0, 0.05) is 37.4 Å². The Balaban J connectivity index is 1.53. The molecule has 0 bridgehead atoms. The molecule has 3 N–H and O–H groups in total. The Morgan fingerprint density at radius 3 is 2.72 bits per heavy atom. The Bertz CT molecular complexity index is 689. The first-order valence-electron chi connectivity index (χ1n) is 8.38. The second kappa shape index (κ2) is 8.27. The zero-order valence-electron chi connectivity index (χ0n) is 14.0. The number of hydrogen-bond donors (Lipinski definition) is 2. The standard InChI is InChI=1S/C17H22N6O2/c18-16(24)25-12-6-13-4-10-23(11-5-13)15-3-9-20-17(22-15)21-14-1-7-19-8-2-14/h1-3,7-9,13H,4-6,10-12H2,(H2,18,24)(H,19,20,21,22). The summed E-state index contributed by atoms with van der Waals surface area (Å²) in [6.45, 7) is 2.24. The number of carbonyl (C=O) groups excluding carboxylic acids is 1. The second-order valence-electron chi connectivity index (χ2n) is 5.99. The van der Waals surface area contributed by atoms with E-state index in [1.54, 1.807) is 18.6 Å². The van der Waals surface area contributed by atoms with Crippen molar-refractivity contribution in [1.82, 2.24) is 15.0 Å².